The summed E-state index contributed by atoms with van der Waals surface area (Å²) in [6, 6.07) is 0. The van der Waals surface area contributed by atoms with Crippen LogP contribution in [0.3, 0.4) is 0 Å². The van der Waals surface area contributed by atoms with Crippen LogP contribution in [0.25, 0.3) is 0 Å². The van der Waals surface area contributed by atoms with Crippen molar-refractivity contribution in [2.45, 2.75) is 91.1 Å². The van der Waals surface area contributed by atoms with Gasteiger partial charge in [0, 0.05) is 20.3 Å². The number of allylic oxidation sites excluding steroid dienone is 6. The van der Waals surface area contributed by atoms with Gasteiger partial charge in [0.25, 0.3) is 0 Å². The molecule has 0 fully saturated rings. The molecular formula is C25H40O6. The Bertz CT molecular complexity index is 577. The lowest BCUT2D eigenvalue weighted by atomic mass is 10.1. The van der Waals surface area contributed by atoms with Crippen LogP contribution >= 0.6 is 0 Å². The zero-order valence-corrected chi connectivity index (χ0v) is 19.5. The van der Waals surface area contributed by atoms with E-state index in [1.807, 2.05) is 0 Å². The second-order valence-electron chi connectivity index (χ2n) is 7.32. The summed E-state index contributed by atoms with van der Waals surface area (Å²) in [6.45, 7) is 4.42. The van der Waals surface area contributed by atoms with Crippen molar-refractivity contribution in [1.82, 2.24) is 0 Å². The van der Waals surface area contributed by atoms with Gasteiger partial charge >= 0.3 is 17.9 Å². The van der Waals surface area contributed by atoms with Crippen LogP contribution in [0.5, 0.6) is 0 Å². The Morgan fingerprint density at radius 3 is 1.94 bits per heavy atom. The Hall–Kier alpha value is -2.37. The first-order chi connectivity index (χ1) is 15.0. The molecule has 1 unspecified atom stereocenters. The summed E-state index contributed by atoms with van der Waals surface area (Å²) < 4.78 is 14.9. The summed E-state index contributed by atoms with van der Waals surface area (Å²) in [5.74, 6) is -1.33. The largest absolute Gasteiger partial charge is 0.462 e. The van der Waals surface area contributed by atoms with Crippen LogP contribution in [0.1, 0.15) is 85.0 Å². The van der Waals surface area contributed by atoms with Crippen molar-refractivity contribution >= 4 is 17.9 Å². The predicted molar refractivity (Wildman–Crippen MR) is 122 cm³/mol. The van der Waals surface area contributed by atoms with Gasteiger partial charge < -0.3 is 14.2 Å². The molecule has 176 valence electrons. The van der Waals surface area contributed by atoms with Crippen LogP contribution in [-0.2, 0) is 28.6 Å². The standard InChI is InChI=1S/C25H40O6/c1-4-5-6-7-8-9-10-11-12-13-14-15-16-17-18-19-25(28)30-21-24(31-23(3)27)20-29-22(2)26/h5-6,8-9,11-12,24H,4,7,10,13-21H2,1-3H3/b6-5-,9-8-,12-11-. The van der Waals surface area contributed by atoms with E-state index in [-0.39, 0.29) is 19.2 Å². The third kappa shape index (κ3) is 22.1. The van der Waals surface area contributed by atoms with Crippen LogP contribution in [0.2, 0.25) is 0 Å². The normalized spacial score (nSPS) is 12.5. The van der Waals surface area contributed by atoms with E-state index in [1.165, 1.54) is 13.8 Å². The molecule has 0 saturated heterocycles. The van der Waals surface area contributed by atoms with Crippen molar-refractivity contribution in [3.8, 4) is 0 Å². The molecule has 0 aliphatic carbocycles. The molecule has 0 heterocycles. The minimum Gasteiger partial charge on any atom is -0.462 e. The fraction of sp³-hybridized carbons (Fsp3) is 0.640. The minimum absolute atomic E-state index is 0.108. The van der Waals surface area contributed by atoms with Crippen LogP contribution in [0.4, 0.5) is 0 Å². The van der Waals surface area contributed by atoms with Crippen LogP contribution < -0.4 is 0 Å². The second-order valence-corrected chi connectivity index (χ2v) is 7.32. The third-order valence-corrected chi connectivity index (χ3v) is 4.27. The average molecular weight is 437 g/mol. The zero-order chi connectivity index (χ0) is 23.2. The number of ether oxygens (including phenoxy) is 3. The first kappa shape index (κ1) is 28.6. The van der Waals surface area contributed by atoms with Gasteiger partial charge in [0.05, 0.1) is 0 Å². The molecule has 0 radical (unpaired) electrons. The van der Waals surface area contributed by atoms with Gasteiger partial charge in [0.15, 0.2) is 6.10 Å². The van der Waals surface area contributed by atoms with Crippen LogP contribution in [0.15, 0.2) is 36.5 Å². The Kier molecular flexibility index (Phi) is 19.3. The summed E-state index contributed by atoms with van der Waals surface area (Å²) in [5, 5.41) is 0. The lowest BCUT2D eigenvalue weighted by Gasteiger charge is -2.16. The van der Waals surface area contributed by atoms with E-state index < -0.39 is 18.0 Å². The second kappa shape index (κ2) is 20.9. The fourth-order valence-electron chi connectivity index (χ4n) is 2.71. The molecule has 0 bridgehead atoms. The molecular weight excluding hydrogens is 396 g/mol. The maximum atomic E-state index is 11.8. The molecule has 0 aliphatic heterocycles. The van der Waals surface area contributed by atoms with Gasteiger partial charge in [-0.05, 0) is 38.5 Å². The summed E-state index contributed by atoms with van der Waals surface area (Å²) >= 11 is 0. The van der Waals surface area contributed by atoms with E-state index in [9.17, 15) is 14.4 Å². The highest BCUT2D eigenvalue weighted by molar-refractivity contribution is 5.69. The molecule has 6 nitrogen and oxygen atoms in total. The van der Waals surface area contributed by atoms with Gasteiger partial charge in [0.2, 0.25) is 0 Å². The first-order valence-electron chi connectivity index (χ1n) is 11.4. The quantitative estimate of drug-likeness (QED) is 0.120. The summed E-state index contributed by atoms with van der Waals surface area (Å²) in [4.78, 5) is 33.7. The molecule has 0 saturated carbocycles. The summed E-state index contributed by atoms with van der Waals surface area (Å²) in [6.07, 6.45) is 22.1. The Labute approximate surface area is 187 Å². The molecule has 0 rings (SSSR count). The monoisotopic (exact) mass is 436 g/mol. The van der Waals surface area contributed by atoms with Crippen molar-refractivity contribution in [1.29, 1.82) is 0 Å². The molecule has 1 atom stereocenters. The molecule has 0 aliphatic rings. The third-order valence-electron chi connectivity index (χ3n) is 4.27. The molecule has 0 N–H and O–H groups in total. The predicted octanol–water partition coefficient (Wildman–Crippen LogP) is 5.61. The van der Waals surface area contributed by atoms with E-state index in [1.54, 1.807) is 0 Å². The van der Waals surface area contributed by atoms with Gasteiger partial charge in [0.1, 0.15) is 13.2 Å². The van der Waals surface area contributed by atoms with Crippen molar-refractivity contribution < 1.29 is 28.6 Å². The lowest BCUT2D eigenvalue weighted by Crippen LogP contribution is -2.29. The van der Waals surface area contributed by atoms with Gasteiger partial charge in [-0.25, -0.2) is 0 Å². The van der Waals surface area contributed by atoms with Crippen LogP contribution in [-0.4, -0.2) is 37.2 Å². The Balaban J connectivity index is 3.67. The smallest absolute Gasteiger partial charge is 0.305 e. The molecule has 0 aromatic carbocycles. The highest BCUT2D eigenvalue weighted by Gasteiger charge is 2.16. The SMILES string of the molecule is CC/C=C\C/C=C\C/C=C\CCCCCCCC(=O)OCC(COC(C)=O)OC(C)=O. The van der Waals surface area contributed by atoms with E-state index >= 15 is 0 Å². The molecule has 0 spiro atoms. The van der Waals surface area contributed by atoms with E-state index in [0.29, 0.717) is 6.42 Å². The number of hydrogen-bond donors (Lipinski definition) is 0. The molecule has 6 heteroatoms. The maximum absolute atomic E-state index is 11.8. The zero-order valence-electron chi connectivity index (χ0n) is 19.5. The van der Waals surface area contributed by atoms with Crippen molar-refractivity contribution in [3.63, 3.8) is 0 Å². The van der Waals surface area contributed by atoms with Gasteiger partial charge in [-0.15, -0.1) is 0 Å². The van der Waals surface area contributed by atoms with Gasteiger partial charge in [-0.1, -0.05) is 62.6 Å². The molecule has 0 amide bonds. The highest BCUT2D eigenvalue weighted by atomic mass is 16.6. The number of rotatable bonds is 18. The number of carbonyl (C=O) groups is 3. The van der Waals surface area contributed by atoms with E-state index in [2.05, 4.69) is 43.4 Å². The number of hydrogen-bond acceptors (Lipinski definition) is 6. The minimum atomic E-state index is -0.771. The summed E-state index contributed by atoms with van der Waals surface area (Å²) in [7, 11) is 0. The maximum Gasteiger partial charge on any atom is 0.305 e. The van der Waals surface area contributed by atoms with E-state index in [4.69, 9.17) is 14.2 Å². The number of esters is 3. The Morgan fingerprint density at radius 2 is 1.29 bits per heavy atom. The first-order valence-corrected chi connectivity index (χ1v) is 11.4. The Morgan fingerprint density at radius 1 is 0.710 bits per heavy atom. The fourth-order valence-corrected chi connectivity index (χ4v) is 2.71. The lowest BCUT2D eigenvalue weighted by molar-refractivity contribution is -0.164. The van der Waals surface area contributed by atoms with E-state index in [0.717, 1.165) is 57.8 Å². The van der Waals surface area contributed by atoms with Gasteiger partial charge in [-0.3, -0.25) is 14.4 Å². The van der Waals surface area contributed by atoms with Crippen molar-refractivity contribution in [3.05, 3.63) is 36.5 Å². The molecule has 0 aromatic heterocycles. The van der Waals surface area contributed by atoms with Crippen molar-refractivity contribution in [2.24, 2.45) is 0 Å². The average Bonchev–Trinajstić information content (AvgIpc) is 2.72. The topological polar surface area (TPSA) is 78.9 Å². The van der Waals surface area contributed by atoms with Crippen molar-refractivity contribution in [2.75, 3.05) is 13.2 Å². The number of unbranched alkanes of at least 4 members (excludes halogenated alkanes) is 5. The van der Waals surface area contributed by atoms with Gasteiger partial charge in [-0.2, -0.15) is 0 Å². The number of carbonyl (C=O) groups excluding carboxylic acids is 3. The summed E-state index contributed by atoms with van der Waals surface area (Å²) in [5.41, 5.74) is 0. The molecule has 0 aromatic rings. The van der Waals surface area contributed by atoms with Crippen LogP contribution in [0, 0.1) is 0 Å². The molecule has 31 heavy (non-hydrogen) atoms. The highest BCUT2D eigenvalue weighted by Crippen LogP contribution is 2.09.